The third kappa shape index (κ3) is 3.99. The van der Waals surface area contributed by atoms with Gasteiger partial charge >= 0.3 is 0 Å². The Bertz CT molecular complexity index is 713. The third-order valence-electron chi connectivity index (χ3n) is 4.55. The lowest BCUT2D eigenvalue weighted by molar-refractivity contribution is -0.129. The number of methoxy groups -OCH3 is 2. The van der Waals surface area contributed by atoms with Crippen LogP contribution in [0.3, 0.4) is 0 Å². The van der Waals surface area contributed by atoms with E-state index in [-0.39, 0.29) is 17.7 Å². The minimum absolute atomic E-state index is 0.0148. The molecule has 0 N–H and O–H groups in total. The Morgan fingerprint density at radius 3 is 2.64 bits per heavy atom. The van der Waals surface area contributed by atoms with E-state index < -0.39 is 0 Å². The summed E-state index contributed by atoms with van der Waals surface area (Å²) in [6.07, 6.45) is 0.360. The summed E-state index contributed by atoms with van der Waals surface area (Å²) in [5, 5.41) is 3.87. The maximum atomic E-state index is 12.7. The van der Waals surface area contributed by atoms with Crippen LogP contribution in [0.15, 0.2) is 28.8 Å². The number of ether oxygens (including phenoxy) is 2. The van der Waals surface area contributed by atoms with Gasteiger partial charge in [0, 0.05) is 26.1 Å². The van der Waals surface area contributed by atoms with Crippen molar-refractivity contribution in [3.8, 4) is 5.75 Å². The van der Waals surface area contributed by atoms with Crippen LogP contribution in [0.25, 0.3) is 0 Å². The molecule has 0 saturated carbocycles. The van der Waals surface area contributed by atoms with Gasteiger partial charge < -0.3 is 18.9 Å². The first kappa shape index (κ1) is 17.4. The molecule has 7 nitrogen and oxygen atoms in total. The molecule has 0 aliphatic carbocycles. The molecule has 7 heteroatoms. The van der Waals surface area contributed by atoms with Crippen LogP contribution in [0.1, 0.15) is 23.2 Å². The molecule has 1 aliphatic heterocycles. The number of hydrogen-bond acceptors (Lipinski definition) is 6. The Morgan fingerprint density at radius 2 is 2.04 bits per heavy atom. The van der Waals surface area contributed by atoms with Gasteiger partial charge in [0.05, 0.1) is 26.1 Å². The Labute approximate surface area is 146 Å². The van der Waals surface area contributed by atoms with Crippen LogP contribution in [0.2, 0.25) is 0 Å². The minimum Gasteiger partial charge on any atom is -0.497 e. The second-order valence-corrected chi connectivity index (χ2v) is 6.33. The lowest BCUT2D eigenvalue weighted by atomic mass is 9.97. The molecule has 0 radical (unpaired) electrons. The summed E-state index contributed by atoms with van der Waals surface area (Å²) in [6.45, 7) is 3.55. The highest BCUT2D eigenvalue weighted by atomic mass is 16.5. The fourth-order valence-corrected chi connectivity index (χ4v) is 3.23. The fraction of sp³-hybridized carbons (Fsp3) is 0.500. The van der Waals surface area contributed by atoms with Crippen molar-refractivity contribution in [3.63, 3.8) is 0 Å². The van der Waals surface area contributed by atoms with E-state index in [1.807, 2.05) is 29.2 Å². The number of rotatable bonds is 6. The van der Waals surface area contributed by atoms with E-state index >= 15 is 0 Å². The van der Waals surface area contributed by atoms with Crippen LogP contribution < -0.4 is 4.74 Å². The molecule has 3 rings (SSSR count). The number of amides is 1. The summed E-state index contributed by atoms with van der Waals surface area (Å²) in [4.78, 5) is 18.9. The highest BCUT2D eigenvalue weighted by molar-refractivity contribution is 5.79. The molecule has 2 heterocycles. The number of aromatic nitrogens is 2. The number of aryl methyl sites for hydroxylation is 1. The van der Waals surface area contributed by atoms with E-state index in [0.717, 1.165) is 11.3 Å². The van der Waals surface area contributed by atoms with Crippen molar-refractivity contribution in [3.05, 3.63) is 41.5 Å². The van der Waals surface area contributed by atoms with Gasteiger partial charge in [-0.2, -0.15) is 4.98 Å². The molecule has 1 aliphatic rings. The molecule has 1 aromatic carbocycles. The number of likely N-dealkylation sites (tertiary alicyclic amines) is 1. The van der Waals surface area contributed by atoms with Gasteiger partial charge in [-0.3, -0.25) is 4.79 Å². The molecule has 1 saturated heterocycles. The first-order valence-corrected chi connectivity index (χ1v) is 8.30. The van der Waals surface area contributed by atoms with Crippen LogP contribution in [-0.4, -0.2) is 54.9 Å². The predicted molar refractivity (Wildman–Crippen MR) is 90.4 cm³/mol. The molecule has 25 heavy (non-hydrogen) atoms. The van der Waals surface area contributed by atoms with E-state index in [2.05, 4.69) is 10.1 Å². The fourth-order valence-electron chi connectivity index (χ4n) is 3.23. The molecular weight excluding hydrogens is 322 g/mol. The summed E-state index contributed by atoms with van der Waals surface area (Å²) >= 11 is 0. The van der Waals surface area contributed by atoms with Gasteiger partial charge in [-0.1, -0.05) is 17.3 Å². The quantitative estimate of drug-likeness (QED) is 0.795. The van der Waals surface area contributed by atoms with E-state index in [1.165, 1.54) is 0 Å². The summed E-state index contributed by atoms with van der Waals surface area (Å²) in [7, 11) is 3.29. The van der Waals surface area contributed by atoms with Crippen LogP contribution in [-0.2, 0) is 16.0 Å². The van der Waals surface area contributed by atoms with Crippen molar-refractivity contribution in [2.24, 2.45) is 5.92 Å². The topological polar surface area (TPSA) is 77.7 Å². The highest BCUT2D eigenvalue weighted by Gasteiger charge is 2.39. The lowest BCUT2D eigenvalue weighted by Gasteiger charge is -2.16. The van der Waals surface area contributed by atoms with Crippen molar-refractivity contribution in [1.29, 1.82) is 0 Å². The Hall–Kier alpha value is -2.41. The Kier molecular flexibility index (Phi) is 5.33. The van der Waals surface area contributed by atoms with E-state index in [9.17, 15) is 4.79 Å². The van der Waals surface area contributed by atoms with Crippen LogP contribution >= 0.6 is 0 Å². The van der Waals surface area contributed by atoms with Crippen molar-refractivity contribution in [2.75, 3.05) is 33.9 Å². The van der Waals surface area contributed by atoms with Gasteiger partial charge in [-0.05, 0) is 24.6 Å². The van der Waals surface area contributed by atoms with Gasteiger partial charge in [-0.25, -0.2) is 0 Å². The molecule has 0 spiro atoms. The highest BCUT2D eigenvalue weighted by Crippen LogP contribution is 2.32. The second-order valence-electron chi connectivity index (χ2n) is 6.33. The smallest absolute Gasteiger partial charge is 0.231 e. The molecule has 0 unspecified atom stereocenters. The van der Waals surface area contributed by atoms with Gasteiger partial charge in [0.2, 0.25) is 11.8 Å². The molecule has 1 amide bonds. The van der Waals surface area contributed by atoms with Gasteiger partial charge in [-0.15, -0.1) is 0 Å². The number of carbonyl (C=O) groups excluding carboxylic acids is 1. The predicted octanol–water partition coefficient (Wildman–Crippen LogP) is 1.82. The standard InChI is InChI=1S/C18H23N3O4/c1-12-19-18(25-20-12)16-10-21(9-14(16)11-23-2)17(22)8-13-4-6-15(24-3)7-5-13/h4-7,14,16H,8-11H2,1-3H3/t14-,16+/m0/s1. The van der Waals surface area contributed by atoms with Crippen molar-refractivity contribution in [2.45, 2.75) is 19.3 Å². The number of carbonyl (C=O) groups is 1. The number of nitrogens with zero attached hydrogens (tertiary/aromatic N) is 3. The summed E-state index contributed by atoms with van der Waals surface area (Å²) in [5.41, 5.74) is 0.964. The monoisotopic (exact) mass is 345 g/mol. The van der Waals surface area contributed by atoms with Crippen LogP contribution in [0.5, 0.6) is 5.75 Å². The maximum Gasteiger partial charge on any atom is 0.231 e. The molecule has 0 bridgehead atoms. The average molecular weight is 345 g/mol. The van der Waals surface area contributed by atoms with Crippen molar-refractivity contribution >= 4 is 5.91 Å². The average Bonchev–Trinajstić information content (AvgIpc) is 3.22. The Morgan fingerprint density at radius 1 is 1.28 bits per heavy atom. The van der Waals surface area contributed by atoms with Crippen molar-refractivity contribution < 1.29 is 18.8 Å². The van der Waals surface area contributed by atoms with Crippen LogP contribution in [0.4, 0.5) is 0 Å². The largest absolute Gasteiger partial charge is 0.497 e. The van der Waals surface area contributed by atoms with Gasteiger partial charge in [0.1, 0.15) is 5.75 Å². The molecule has 1 fully saturated rings. The minimum atomic E-state index is 0.0148. The normalized spacial score (nSPS) is 20.0. The zero-order valence-electron chi connectivity index (χ0n) is 14.8. The maximum absolute atomic E-state index is 12.7. The van der Waals surface area contributed by atoms with Gasteiger partial charge in [0.25, 0.3) is 0 Å². The molecule has 1 aromatic heterocycles. The second kappa shape index (κ2) is 7.65. The summed E-state index contributed by atoms with van der Waals surface area (Å²) in [6, 6.07) is 7.56. The molecule has 2 atom stereocenters. The number of hydrogen-bond donors (Lipinski definition) is 0. The van der Waals surface area contributed by atoms with Crippen LogP contribution in [0, 0.1) is 12.8 Å². The SMILES string of the molecule is COC[C@@H]1CN(C(=O)Cc2ccc(OC)cc2)C[C@H]1c1nc(C)no1. The van der Waals surface area contributed by atoms with Gasteiger partial charge in [0.15, 0.2) is 5.82 Å². The molecule has 2 aromatic rings. The van der Waals surface area contributed by atoms with E-state index in [1.54, 1.807) is 21.1 Å². The zero-order valence-corrected chi connectivity index (χ0v) is 14.8. The third-order valence-corrected chi connectivity index (χ3v) is 4.55. The van der Waals surface area contributed by atoms with E-state index in [0.29, 0.717) is 37.8 Å². The lowest BCUT2D eigenvalue weighted by Crippen LogP contribution is -2.30. The summed E-state index contributed by atoms with van der Waals surface area (Å²) in [5.74, 6) is 2.23. The van der Waals surface area contributed by atoms with E-state index in [4.69, 9.17) is 14.0 Å². The Balaban J connectivity index is 1.68. The number of benzene rings is 1. The summed E-state index contributed by atoms with van der Waals surface area (Å²) < 4.78 is 15.8. The molecular formula is C18H23N3O4. The van der Waals surface area contributed by atoms with Crippen molar-refractivity contribution in [1.82, 2.24) is 15.0 Å². The first-order chi connectivity index (χ1) is 12.1. The zero-order chi connectivity index (χ0) is 17.8. The molecule has 134 valence electrons. The first-order valence-electron chi connectivity index (χ1n) is 8.30.